The van der Waals surface area contributed by atoms with Crippen molar-refractivity contribution in [3.8, 4) is 17.0 Å². The topological polar surface area (TPSA) is 47.4 Å². The van der Waals surface area contributed by atoms with E-state index in [9.17, 15) is 18.0 Å². The minimum Gasteiger partial charge on any atom is -0.406 e. The van der Waals surface area contributed by atoms with Crippen LogP contribution < -0.4 is 9.64 Å². The summed E-state index contributed by atoms with van der Waals surface area (Å²) in [7, 11) is 1.59. The number of ether oxygens (including phenoxy) is 1. The maximum Gasteiger partial charge on any atom is 0.573 e. The first-order valence-electron chi connectivity index (χ1n) is 8.65. The number of nitrogens with zero attached hydrogens (tertiary/aromatic N) is 3. The third-order valence-corrected chi connectivity index (χ3v) is 4.71. The molecule has 0 saturated heterocycles. The van der Waals surface area contributed by atoms with Gasteiger partial charge in [0.1, 0.15) is 11.6 Å². The van der Waals surface area contributed by atoms with Crippen LogP contribution in [0.2, 0.25) is 0 Å². The van der Waals surface area contributed by atoms with Gasteiger partial charge in [-0.3, -0.25) is 9.69 Å². The van der Waals surface area contributed by atoms with Gasteiger partial charge in [-0.25, -0.2) is 4.68 Å². The fourth-order valence-corrected chi connectivity index (χ4v) is 3.03. The van der Waals surface area contributed by atoms with Crippen LogP contribution in [0.25, 0.3) is 11.3 Å². The minimum absolute atomic E-state index is 0.232. The Kier molecular flexibility index (Phi) is 5.97. The van der Waals surface area contributed by atoms with Crippen molar-refractivity contribution in [3.63, 3.8) is 0 Å². The second-order valence-electron chi connectivity index (χ2n) is 6.15. The van der Waals surface area contributed by atoms with Crippen LogP contribution in [-0.2, 0) is 6.54 Å². The van der Waals surface area contributed by atoms with Crippen molar-refractivity contribution >= 4 is 27.7 Å². The number of anilines is 1. The van der Waals surface area contributed by atoms with Crippen molar-refractivity contribution < 1.29 is 22.7 Å². The molecule has 1 amide bonds. The number of alkyl halides is 3. The zero-order valence-corrected chi connectivity index (χ0v) is 17.2. The van der Waals surface area contributed by atoms with Crippen LogP contribution in [0, 0.1) is 0 Å². The van der Waals surface area contributed by atoms with Crippen molar-refractivity contribution in [3.05, 3.63) is 64.6 Å². The average molecular weight is 468 g/mol. The van der Waals surface area contributed by atoms with E-state index >= 15 is 0 Å². The number of halogens is 4. The van der Waals surface area contributed by atoms with Gasteiger partial charge in [-0.15, -0.1) is 13.2 Å². The predicted molar refractivity (Wildman–Crippen MR) is 107 cm³/mol. The fourth-order valence-electron chi connectivity index (χ4n) is 2.77. The van der Waals surface area contributed by atoms with Gasteiger partial charge in [0.15, 0.2) is 0 Å². The summed E-state index contributed by atoms with van der Waals surface area (Å²) in [6.45, 7) is 2.45. The quantitative estimate of drug-likeness (QED) is 0.497. The summed E-state index contributed by atoms with van der Waals surface area (Å²) in [5.74, 6) is -0.181. The molecule has 0 unspecified atom stereocenters. The van der Waals surface area contributed by atoms with Gasteiger partial charge in [0.05, 0.1) is 5.69 Å². The first kappa shape index (κ1) is 20.9. The van der Waals surface area contributed by atoms with E-state index in [1.807, 2.05) is 31.2 Å². The van der Waals surface area contributed by atoms with Crippen LogP contribution in [0.5, 0.6) is 5.75 Å². The average Bonchev–Trinajstić information content (AvgIpc) is 3.11. The first-order valence-corrected chi connectivity index (χ1v) is 9.45. The van der Waals surface area contributed by atoms with E-state index in [0.717, 1.165) is 22.2 Å². The number of hydrogen-bond acceptors (Lipinski definition) is 3. The molecule has 0 bridgehead atoms. The summed E-state index contributed by atoms with van der Waals surface area (Å²) in [4.78, 5) is 14.2. The summed E-state index contributed by atoms with van der Waals surface area (Å²) >= 11 is 3.39. The Labute approximate surface area is 173 Å². The van der Waals surface area contributed by atoms with E-state index < -0.39 is 6.36 Å². The number of carbonyl (C=O) groups excluding carboxylic acids is 1. The molecule has 5 nitrogen and oxygen atoms in total. The smallest absolute Gasteiger partial charge is 0.406 e. The minimum atomic E-state index is -4.78. The lowest BCUT2D eigenvalue weighted by atomic mass is 10.1. The molecular formula is C20H17BrF3N3O2. The first-order chi connectivity index (χ1) is 13.7. The van der Waals surface area contributed by atoms with Crippen molar-refractivity contribution in [2.75, 3.05) is 11.9 Å². The Morgan fingerprint density at radius 1 is 1.14 bits per heavy atom. The third-order valence-electron chi connectivity index (χ3n) is 4.18. The van der Waals surface area contributed by atoms with Crippen molar-refractivity contribution in [1.82, 2.24) is 9.78 Å². The Morgan fingerprint density at radius 2 is 1.76 bits per heavy atom. The zero-order chi connectivity index (χ0) is 21.2. The standard InChI is InChI=1S/C20H17BrF3N3O2/c1-3-27-18(12-17(25-27)13-4-8-15(21)9-5-13)26(2)19(28)14-6-10-16(11-7-14)29-20(22,23)24/h4-12H,3H2,1-2H3. The molecule has 152 valence electrons. The lowest BCUT2D eigenvalue weighted by Crippen LogP contribution is -2.28. The summed E-state index contributed by atoms with van der Waals surface area (Å²) in [6.07, 6.45) is -4.78. The summed E-state index contributed by atoms with van der Waals surface area (Å²) < 4.78 is 43.3. The highest BCUT2D eigenvalue weighted by molar-refractivity contribution is 9.10. The highest BCUT2D eigenvalue weighted by Crippen LogP contribution is 2.27. The van der Waals surface area contributed by atoms with Crippen LogP contribution >= 0.6 is 15.9 Å². The van der Waals surface area contributed by atoms with Crippen LogP contribution in [0.1, 0.15) is 17.3 Å². The van der Waals surface area contributed by atoms with Gasteiger partial charge in [0.25, 0.3) is 5.91 Å². The predicted octanol–water partition coefficient (Wildman–Crippen LogP) is 5.51. The lowest BCUT2D eigenvalue weighted by molar-refractivity contribution is -0.274. The number of benzene rings is 2. The maximum absolute atomic E-state index is 12.8. The molecule has 0 aliphatic heterocycles. The monoisotopic (exact) mass is 467 g/mol. The summed E-state index contributed by atoms with van der Waals surface area (Å²) in [5, 5.41) is 4.54. The van der Waals surface area contributed by atoms with E-state index in [4.69, 9.17) is 0 Å². The normalized spacial score (nSPS) is 11.4. The summed E-state index contributed by atoms with van der Waals surface area (Å²) in [6, 6.07) is 14.2. The van der Waals surface area contributed by atoms with Gasteiger partial charge in [0, 0.05) is 35.3 Å². The van der Waals surface area contributed by atoms with E-state index in [-0.39, 0.29) is 17.2 Å². The Hall–Kier alpha value is -2.81. The van der Waals surface area contributed by atoms with Gasteiger partial charge in [-0.1, -0.05) is 28.1 Å². The van der Waals surface area contributed by atoms with Crippen LogP contribution in [0.15, 0.2) is 59.1 Å². The molecule has 0 saturated carbocycles. The van der Waals surface area contributed by atoms with Gasteiger partial charge in [0.2, 0.25) is 0 Å². The van der Waals surface area contributed by atoms with E-state index in [1.165, 1.54) is 17.0 Å². The van der Waals surface area contributed by atoms with Gasteiger partial charge < -0.3 is 4.74 Å². The van der Waals surface area contributed by atoms with Gasteiger partial charge in [-0.05, 0) is 43.3 Å². The number of hydrogen-bond donors (Lipinski definition) is 0. The molecule has 0 N–H and O–H groups in total. The van der Waals surface area contributed by atoms with Crippen molar-refractivity contribution in [1.29, 1.82) is 0 Å². The second-order valence-corrected chi connectivity index (χ2v) is 7.06. The largest absolute Gasteiger partial charge is 0.573 e. The molecule has 3 rings (SSSR count). The molecule has 2 aromatic carbocycles. The molecule has 0 spiro atoms. The second kappa shape index (κ2) is 8.28. The van der Waals surface area contributed by atoms with E-state index in [2.05, 4.69) is 25.8 Å². The van der Waals surface area contributed by atoms with Crippen LogP contribution in [0.3, 0.4) is 0 Å². The van der Waals surface area contributed by atoms with Crippen LogP contribution in [0.4, 0.5) is 19.0 Å². The van der Waals surface area contributed by atoms with Gasteiger partial charge in [-0.2, -0.15) is 5.10 Å². The number of rotatable bonds is 5. The molecule has 29 heavy (non-hydrogen) atoms. The Morgan fingerprint density at radius 3 is 2.31 bits per heavy atom. The van der Waals surface area contributed by atoms with Gasteiger partial charge >= 0.3 is 6.36 Å². The molecule has 3 aromatic rings. The van der Waals surface area contributed by atoms with Crippen molar-refractivity contribution in [2.24, 2.45) is 0 Å². The Bertz CT molecular complexity index is 999. The van der Waals surface area contributed by atoms with Crippen LogP contribution in [-0.4, -0.2) is 29.1 Å². The SMILES string of the molecule is CCn1nc(-c2ccc(Br)cc2)cc1N(C)C(=O)c1ccc(OC(F)(F)F)cc1. The maximum atomic E-state index is 12.8. The van der Waals surface area contributed by atoms with Crippen molar-refractivity contribution in [2.45, 2.75) is 19.8 Å². The Balaban J connectivity index is 1.84. The molecule has 9 heteroatoms. The fraction of sp³-hybridized carbons (Fsp3) is 0.200. The molecule has 0 aliphatic rings. The molecule has 0 radical (unpaired) electrons. The third kappa shape index (κ3) is 4.97. The number of aryl methyl sites for hydroxylation is 1. The molecule has 0 atom stereocenters. The molecule has 1 heterocycles. The lowest BCUT2D eigenvalue weighted by Gasteiger charge is -2.18. The highest BCUT2D eigenvalue weighted by Gasteiger charge is 2.31. The zero-order valence-electron chi connectivity index (χ0n) is 15.6. The molecule has 0 fully saturated rings. The highest BCUT2D eigenvalue weighted by atomic mass is 79.9. The van der Waals surface area contributed by atoms with E-state index in [1.54, 1.807) is 17.8 Å². The number of amides is 1. The summed E-state index contributed by atoms with van der Waals surface area (Å²) in [5.41, 5.74) is 1.84. The molecule has 0 aliphatic carbocycles. The number of aromatic nitrogens is 2. The molecule has 1 aromatic heterocycles. The molecular weight excluding hydrogens is 451 g/mol. The number of carbonyl (C=O) groups is 1. The van der Waals surface area contributed by atoms with E-state index in [0.29, 0.717) is 18.1 Å².